The second kappa shape index (κ2) is 8.15. The first-order chi connectivity index (χ1) is 11.2. The fourth-order valence-corrected chi connectivity index (χ4v) is 2.48. The van der Waals surface area contributed by atoms with E-state index in [1.807, 2.05) is 49.4 Å². The molecule has 3 N–H and O–H groups in total. The smallest absolute Gasteiger partial charge is 0.229 e. The molecule has 1 aromatic heterocycles. The van der Waals surface area contributed by atoms with Crippen molar-refractivity contribution < 1.29 is 17.5 Å². The summed E-state index contributed by atoms with van der Waals surface area (Å²) in [5.74, 6) is 1.17. The van der Waals surface area contributed by atoms with Crippen LogP contribution >= 0.6 is 11.6 Å². The summed E-state index contributed by atoms with van der Waals surface area (Å²) in [5.41, 5.74) is 2.63. The van der Waals surface area contributed by atoms with Crippen molar-refractivity contribution in [1.82, 2.24) is 9.97 Å². The van der Waals surface area contributed by atoms with Crippen LogP contribution in [0.3, 0.4) is 0 Å². The van der Waals surface area contributed by atoms with Crippen LogP contribution in [-0.2, 0) is 0 Å². The molecule has 0 radical (unpaired) electrons. The molecule has 0 spiro atoms. The molecule has 0 aliphatic carbocycles. The van der Waals surface area contributed by atoms with Crippen molar-refractivity contribution in [3.05, 3.63) is 53.1 Å². The van der Waals surface area contributed by atoms with Crippen LogP contribution in [0, 0.1) is 6.92 Å². The molecule has 0 saturated carbocycles. The standard InChI is InChI=1S/C17H17ClN4O.ClH/c1-11-13(18)6-4-8-14(11)20-17-21-15-7-3-2-5-12(15)16(22-17)19-9-10-23;/h2-8,23H,9-10H2,1H3,(H2,19,20,21,22);1H/p-1. The van der Waals surface area contributed by atoms with Crippen LogP contribution in [0.25, 0.3) is 10.9 Å². The summed E-state index contributed by atoms with van der Waals surface area (Å²) in [6.45, 7) is 2.40. The molecular weight excluding hydrogens is 347 g/mol. The minimum absolute atomic E-state index is 0. The highest BCUT2D eigenvalue weighted by atomic mass is 35.5. The molecule has 5 nitrogen and oxygen atoms in total. The molecule has 24 heavy (non-hydrogen) atoms. The van der Waals surface area contributed by atoms with Crippen LogP contribution in [0.15, 0.2) is 42.5 Å². The number of para-hydroxylation sites is 1. The molecule has 0 aliphatic rings. The van der Waals surface area contributed by atoms with E-state index in [1.54, 1.807) is 0 Å². The van der Waals surface area contributed by atoms with Crippen LogP contribution in [-0.4, -0.2) is 28.2 Å². The lowest BCUT2D eigenvalue weighted by Gasteiger charge is -2.13. The van der Waals surface area contributed by atoms with Crippen LogP contribution in [0.5, 0.6) is 0 Å². The van der Waals surface area contributed by atoms with Gasteiger partial charge in [-0.15, -0.1) is 0 Å². The van der Waals surface area contributed by atoms with Gasteiger partial charge in [0, 0.05) is 22.6 Å². The van der Waals surface area contributed by atoms with E-state index in [2.05, 4.69) is 20.6 Å². The zero-order valence-corrected chi connectivity index (χ0v) is 14.6. The third-order valence-corrected chi connectivity index (χ3v) is 3.93. The first-order valence-corrected chi connectivity index (χ1v) is 7.70. The molecule has 3 aromatic rings. The van der Waals surface area contributed by atoms with Gasteiger partial charge < -0.3 is 28.1 Å². The molecule has 126 valence electrons. The summed E-state index contributed by atoms with van der Waals surface area (Å²) in [6, 6.07) is 13.4. The molecular formula is C17H17Cl2N4O-. The maximum absolute atomic E-state index is 9.03. The summed E-state index contributed by atoms with van der Waals surface area (Å²) in [4.78, 5) is 9.06. The van der Waals surface area contributed by atoms with Gasteiger partial charge >= 0.3 is 0 Å². The molecule has 0 unspecified atom stereocenters. The predicted molar refractivity (Wildman–Crippen MR) is 94.6 cm³/mol. The average Bonchev–Trinajstić information content (AvgIpc) is 2.57. The normalized spacial score (nSPS) is 10.3. The van der Waals surface area contributed by atoms with Crippen molar-refractivity contribution in [2.24, 2.45) is 0 Å². The van der Waals surface area contributed by atoms with E-state index < -0.39 is 0 Å². The molecule has 2 aromatic carbocycles. The molecule has 3 rings (SSSR count). The van der Waals surface area contributed by atoms with Crippen LogP contribution in [0.4, 0.5) is 17.5 Å². The number of nitrogens with zero attached hydrogens (tertiary/aromatic N) is 2. The highest BCUT2D eigenvalue weighted by Gasteiger charge is 2.09. The fraction of sp³-hybridized carbons (Fsp3) is 0.176. The van der Waals surface area contributed by atoms with Crippen molar-refractivity contribution in [1.29, 1.82) is 0 Å². The third-order valence-electron chi connectivity index (χ3n) is 3.52. The fourth-order valence-electron chi connectivity index (χ4n) is 2.30. The molecule has 0 atom stereocenters. The van der Waals surface area contributed by atoms with Gasteiger partial charge in [0.1, 0.15) is 5.82 Å². The Balaban J connectivity index is 0.00000208. The van der Waals surface area contributed by atoms with Crippen molar-refractivity contribution in [2.45, 2.75) is 6.92 Å². The number of nitrogens with one attached hydrogen (secondary N) is 2. The van der Waals surface area contributed by atoms with Crippen molar-refractivity contribution in [3.8, 4) is 0 Å². The summed E-state index contributed by atoms with van der Waals surface area (Å²) >= 11 is 6.15. The summed E-state index contributed by atoms with van der Waals surface area (Å²) in [5, 5.41) is 17.0. The van der Waals surface area contributed by atoms with E-state index in [1.165, 1.54) is 0 Å². The number of aromatic nitrogens is 2. The number of hydrogen-bond acceptors (Lipinski definition) is 5. The molecule has 7 heteroatoms. The van der Waals surface area contributed by atoms with Gasteiger partial charge in [-0.25, -0.2) is 4.98 Å². The number of rotatable bonds is 5. The molecule has 0 aliphatic heterocycles. The average molecular weight is 364 g/mol. The summed E-state index contributed by atoms with van der Waals surface area (Å²) in [6.07, 6.45) is 0. The molecule has 0 bridgehead atoms. The van der Waals surface area contributed by atoms with Crippen molar-refractivity contribution in [2.75, 3.05) is 23.8 Å². The Kier molecular flexibility index (Phi) is 6.20. The lowest BCUT2D eigenvalue weighted by atomic mass is 10.2. The highest BCUT2D eigenvalue weighted by Crippen LogP contribution is 2.27. The SMILES string of the molecule is Cc1c(Cl)cccc1Nc1nc(NCCO)c2ccccc2n1.[Cl-]. The Hall–Kier alpha value is -2.08. The van der Waals surface area contributed by atoms with Gasteiger partial charge in [-0.2, -0.15) is 4.98 Å². The Bertz CT molecular complexity index is 842. The van der Waals surface area contributed by atoms with Gasteiger partial charge in [-0.3, -0.25) is 0 Å². The van der Waals surface area contributed by atoms with Crippen LogP contribution < -0.4 is 23.0 Å². The summed E-state index contributed by atoms with van der Waals surface area (Å²) < 4.78 is 0. The molecule has 1 heterocycles. The molecule has 0 saturated heterocycles. The van der Waals surface area contributed by atoms with Gasteiger partial charge in [0.25, 0.3) is 0 Å². The number of halogens is 2. The first-order valence-electron chi connectivity index (χ1n) is 7.32. The van der Waals surface area contributed by atoms with E-state index in [0.29, 0.717) is 23.3 Å². The van der Waals surface area contributed by atoms with Crippen LogP contribution in [0.1, 0.15) is 5.56 Å². The van der Waals surface area contributed by atoms with Gasteiger partial charge in [-0.1, -0.05) is 29.8 Å². The number of fused-ring (bicyclic) bond motifs is 1. The van der Waals surface area contributed by atoms with E-state index in [-0.39, 0.29) is 19.0 Å². The number of aliphatic hydroxyl groups excluding tert-OH is 1. The molecule has 0 amide bonds. The monoisotopic (exact) mass is 363 g/mol. The van der Waals surface area contributed by atoms with Gasteiger partial charge in [0.15, 0.2) is 0 Å². The van der Waals surface area contributed by atoms with E-state index >= 15 is 0 Å². The highest BCUT2D eigenvalue weighted by molar-refractivity contribution is 6.31. The number of benzene rings is 2. The summed E-state index contributed by atoms with van der Waals surface area (Å²) in [7, 11) is 0. The third kappa shape index (κ3) is 3.87. The van der Waals surface area contributed by atoms with Gasteiger partial charge in [0.05, 0.1) is 12.1 Å². The van der Waals surface area contributed by atoms with Gasteiger partial charge in [-0.05, 0) is 36.8 Å². The van der Waals surface area contributed by atoms with Gasteiger partial charge in [0.2, 0.25) is 5.95 Å². The van der Waals surface area contributed by atoms with Crippen molar-refractivity contribution >= 4 is 40.0 Å². The lowest BCUT2D eigenvalue weighted by molar-refractivity contribution is -0.00000573. The Morgan fingerprint density at radius 1 is 1.08 bits per heavy atom. The van der Waals surface area contributed by atoms with E-state index in [4.69, 9.17) is 16.7 Å². The largest absolute Gasteiger partial charge is 1.00 e. The lowest BCUT2D eigenvalue weighted by Crippen LogP contribution is -3.00. The minimum atomic E-state index is 0. The second-order valence-corrected chi connectivity index (χ2v) is 5.51. The number of aliphatic hydroxyl groups is 1. The zero-order valence-electron chi connectivity index (χ0n) is 13.1. The first kappa shape index (κ1) is 18.3. The maximum atomic E-state index is 9.03. The zero-order chi connectivity index (χ0) is 16.2. The van der Waals surface area contributed by atoms with E-state index in [0.717, 1.165) is 22.2 Å². The predicted octanol–water partition coefficient (Wildman–Crippen LogP) is 0.743. The Morgan fingerprint density at radius 3 is 2.67 bits per heavy atom. The maximum Gasteiger partial charge on any atom is 0.229 e. The van der Waals surface area contributed by atoms with Crippen LogP contribution in [0.2, 0.25) is 5.02 Å². The molecule has 0 fully saturated rings. The second-order valence-electron chi connectivity index (χ2n) is 5.10. The van der Waals surface area contributed by atoms with E-state index in [9.17, 15) is 0 Å². The quantitative estimate of drug-likeness (QED) is 0.623. The number of anilines is 3. The number of hydrogen-bond donors (Lipinski definition) is 3. The topological polar surface area (TPSA) is 70.1 Å². The minimum Gasteiger partial charge on any atom is -1.00 e. The van der Waals surface area contributed by atoms with Crippen molar-refractivity contribution in [3.63, 3.8) is 0 Å². The Morgan fingerprint density at radius 2 is 1.88 bits per heavy atom. The Labute approximate surface area is 151 Å².